The smallest absolute Gasteiger partial charge is 0.410 e. The molecule has 2 fully saturated rings. The summed E-state index contributed by atoms with van der Waals surface area (Å²) in [5, 5.41) is -1.35. The molecule has 0 saturated carbocycles. The van der Waals surface area contributed by atoms with Crippen LogP contribution in [0.4, 0.5) is 20.2 Å². The number of piperazine rings is 1. The molecule has 2 amide bonds. The highest BCUT2D eigenvalue weighted by Gasteiger charge is 2.39. The normalized spacial score (nSPS) is 20.9. The van der Waals surface area contributed by atoms with Crippen molar-refractivity contribution in [2.24, 2.45) is 0 Å². The van der Waals surface area contributed by atoms with E-state index in [0.29, 0.717) is 26.2 Å². The number of rotatable bonds is 3. The van der Waals surface area contributed by atoms with Gasteiger partial charge in [0.1, 0.15) is 16.7 Å². The second-order valence-electron chi connectivity index (χ2n) is 8.14. The first-order valence-electron chi connectivity index (χ1n) is 9.37. The Kier molecular flexibility index (Phi) is 5.70. The van der Waals surface area contributed by atoms with Crippen LogP contribution in [0.1, 0.15) is 27.2 Å². The molecule has 0 spiro atoms. The van der Waals surface area contributed by atoms with Crippen LogP contribution in [0.3, 0.4) is 0 Å². The summed E-state index contributed by atoms with van der Waals surface area (Å²) in [6.45, 7) is 7.46. The Morgan fingerprint density at radius 2 is 1.86 bits per heavy atom. The summed E-state index contributed by atoms with van der Waals surface area (Å²) in [6.07, 6.45) is 0.869. The molecule has 0 N–H and O–H groups in total. The van der Waals surface area contributed by atoms with Gasteiger partial charge in [-0.15, -0.1) is 3.89 Å². The zero-order valence-corrected chi connectivity index (χ0v) is 17.5. The van der Waals surface area contributed by atoms with Gasteiger partial charge in [0.2, 0.25) is 5.91 Å². The molecule has 1 unspecified atom stereocenters. The second-order valence-corrected chi connectivity index (χ2v) is 9.75. The third kappa shape index (κ3) is 5.14. The zero-order chi connectivity index (χ0) is 21.4. The van der Waals surface area contributed by atoms with E-state index in [-0.39, 0.29) is 24.9 Å². The molecule has 1 aromatic rings. The topological polar surface area (TPSA) is 100 Å². The van der Waals surface area contributed by atoms with Crippen LogP contribution in [0.25, 0.3) is 0 Å². The van der Waals surface area contributed by atoms with Crippen molar-refractivity contribution in [1.82, 2.24) is 9.88 Å². The number of ether oxygens (including phenoxy) is 1. The van der Waals surface area contributed by atoms with E-state index in [2.05, 4.69) is 9.88 Å². The Morgan fingerprint density at radius 3 is 2.34 bits per heavy atom. The number of halogens is 1. The van der Waals surface area contributed by atoms with Crippen LogP contribution in [0.15, 0.2) is 18.3 Å². The van der Waals surface area contributed by atoms with E-state index in [1.54, 1.807) is 23.2 Å². The lowest BCUT2D eigenvalue weighted by molar-refractivity contribution is -0.117. The molecule has 11 heteroatoms. The Morgan fingerprint density at radius 1 is 1.21 bits per heavy atom. The largest absolute Gasteiger partial charge is 0.444 e. The van der Waals surface area contributed by atoms with Crippen molar-refractivity contribution in [3.05, 3.63) is 18.3 Å². The fourth-order valence-electron chi connectivity index (χ4n) is 3.28. The number of pyridine rings is 1. The van der Waals surface area contributed by atoms with Gasteiger partial charge in [-0.05, 0) is 32.9 Å². The molecule has 0 aromatic carbocycles. The molecule has 0 radical (unpaired) electrons. The molecule has 0 aliphatic carbocycles. The maximum absolute atomic E-state index is 13.2. The monoisotopic (exact) mass is 428 g/mol. The first-order valence-corrected chi connectivity index (χ1v) is 10.8. The van der Waals surface area contributed by atoms with Gasteiger partial charge >= 0.3 is 16.3 Å². The minimum atomic E-state index is -4.77. The van der Waals surface area contributed by atoms with Crippen LogP contribution in [-0.2, 0) is 19.8 Å². The molecule has 3 heterocycles. The van der Waals surface area contributed by atoms with Crippen LogP contribution in [0.5, 0.6) is 0 Å². The lowest BCUT2D eigenvalue weighted by Gasteiger charge is -2.36. The Balaban J connectivity index is 1.59. The molecule has 3 rings (SSSR count). The molecule has 1 atom stereocenters. The summed E-state index contributed by atoms with van der Waals surface area (Å²) < 4.78 is 40.7. The van der Waals surface area contributed by atoms with Crippen molar-refractivity contribution in [3.8, 4) is 0 Å². The van der Waals surface area contributed by atoms with Crippen LogP contribution >= 0.6 is 0 Å². The maximum atomic E-state index is 13.2. The highest BCUT2D eigenvalue weighted by Crippen LogP contribution is 2.26. The quantitative estimate of drug-likeness (QED) is 0.673. The lowest BCUT2D eigenvalue weighted by Crippen LogP contribution is -2.50. The molecule has 1 aromatic heterocycles. The summed E-state index contributed by atoms with van der Waals surface area (Å²) in [4.78, 5) is 33.3. The molecular weight excluding hydrogens is 403 g/mol. The third-order valence-corrected chi connectivity index (χ3v) is 5.91. The molecule has 2 saturated heterocycles. The molecule has 160 valence electrons. The Labute approximate surface area is 169 Å². The molecule has 29 heavy (non-hydrogen) atoms. The van der Waals surface area contributed by atoms with Crippen LogP contribution in [0.2, 0.25) is 0 Å². The van der Waals surface area contributed by atoms with Crippen molar-refractivity contribution < 1.29 is 26.6 Å². The van der Waals surface area contributed by atoms with Gasteiger partial charge in [0.15, 0.2) is 0 Å². The van der Waals surface area contributed by atoms with Crippen molar-refractivity contribution in [1.29, 1.82) is 0 Å². The van der Waals surface area contributed by atoms with Crippen molar-refractivity contribution in [2.45, 2.75) is 38.0 Å². The number of anilines is 2. The van der Waals surface area contributed by atoms with E-state index in [0.717, 1.165) is 5.69 Å². The van der Waals surface area contributed by atoms with E-state index in [4.69, 9.17) is 4.74 Å². The van der Waals surface area contributed by atoms with Crippen LogP contribution < -0.4 is 9.80 Å². The number of aromatic nitrogens is 1. The van der Waals surface area contributed by atoms with Gasteiger partial charge in [-0.25, -0.2) is 9.78 Å². The van der Waals surface area contributed by atoms with Gasteiger partial charge in [-0.1, -0.05) is 0 Å². The fourth-order valence-corrected chi connectivity index (χ4v) is 3.95. The van der Waals surface area contributed by atoms with Crippen molar-refractivity contribution in [3.63, 3.8) is 0 Å². The first-order chi connectivity index (χ1) is 13.4. The zero-order valence-electron chi connectivity index (χ0n) is 16.7. The van der Waals surface area contributed by atoms with Crippen LogP contribution in [-0.4, -0.2) is 73.9 Å². The Hall–Kier alpha value is -2.43. The van der Waals surface area contributed by atoms with Crippen LogP contribution in [0, 0.1) is 0 Å². The average Bonchev–Trinajstić information content (AvgIpc) is 3.03. The highest BCUT2D eigenvalue weighted by atomic mass is 32.3. The molecular formula is C18H25FN4O5S. The van der Waals surface area contributed by atoms with Gasteiger partial charge in [0, 0.05) is 39.1 Å². The van der Waals surface area contributed by atoms with Gasteiger partial charge in [0.05, 0.1) is 11.9 Å². The minimum Gasteiger partial charge on any atom is -0.444 e. The number of carbonyl (C=O) groups excluding carboxylic acids is 2. The lowest BCUT2D eigenvalue weighted by atomic mass is 10.2. The molecule has 0 bridgehead atoms. The minimum absolute atomic E-state index is 0.238. The van der Waals surface area contributed by atoms with Gasteiger partial charge in [-0.3, -0.25) is 9.69 Å². The first kappa shape index (κ1) is 21.3. The van der Waals surface area contributed by atoms with Crippen molar-refractivity contribution >= 4 is 33.7 Å². The van der Waals surface area contributed by atoms with E-state index in [1.165, 1.54) is 4.90 Å². The fraction of sp³-hybridized carbons (Fsp3) is 0.611. The van der Waals surface area contributed by atoms with E-state index in [9.17, 15) is 21.9 Å². The maximum Gasteiger partial charge on any atom is 0.410 e. The summed E-state index contributed by atoms with van der Waals surface area (Å²) in [7, 11) is -4.77. The number of carbonyl (C=O) groups is 2. The van der Waals surface area contributed by atoms with Crippen molar-refractivity contribution in [2.75, 3.05) is 42.5 Å². The molecule has 2 aliphatic heterocycles. The highest BCUT2D eigenvalue weighted by molar-refractivity contribution is 7.87. The van der Waals surface area contributed by atoms with E-state index >= 15 is 0 Å². The Bertz CT molecular complexity index is 877. The number of amides is 2. The number of hydrogen-bond donors (Lipinski definition) is 0. The summed E-state index contributed by atoms with van der Waals surface area (Å²) >= 11 is 0. The number of hydrogen-bond acceptors (Lipinski definition) is 7. The molecule has 2 aliphatic rings. The summed E-state index contributed by atoms with van der Waals surface area (Å²) in [5.41, 5.74) is 0.278. The number of nitrogens with zero attached hydrogens (tertiary/aromatic N) is 4. The summed E-state index contributed by atoms with van der Waals surface area (Å²) in [5.74, 6) is -0.181. The SMILES string of the molecule is CC(C)(C)OC(=O)N1CCN(c2ccc(N3CC(S(=O)(=O)F)CC3=O)nc2)CC1. The third-order valence-electron chi connectivity index (χ3n) is 4.79. The molecule has 9 nitrogen and oxygen atoms in total. The van der Waals surface area contributed by atoms with Gasteiger partial charge in [0.25, 0.3) is 0 Å². The summed E-state index contributed by atoms with van der Waals surface area (Å²) in [6, 6.07) is 3.39. The average molecular weight is 428 g/mol. The predicted molar refractivity (Wildman–Crippen MR) is 105 cm³/mol. The second kappa shape index (κ2) is 7.77. The van der Waals surface area contributed by atoms with E-state index in [1.807, 2.05) is 20.8 Å². The van der Waals surface area contributed by atoms with E-state index < -0.39 is 27.0 Å². The predicted octanol–water partition coefficient (Wildman–Crippen LogP) is 1.54. The van der Waals surface area contributed by atoms with Gasteiger partial charge in [-0.2, -0.15) is 8.42 Å². The standard InChI is InChI=1S/C18H25FN4O5S/c1-18(2,3)28-17(25)22-8-6-21(7-9-22)13-4-5-15(20-11-13)23-12-14(10-16(23)24)29(19,26)27/h4-5,11,14H,6-10,12H2,1-3H3. The van der Waals surface area contributed by atoms with Gasteiger partial charge < -0.3 is 14.5 Å².